The molecule has 0 radical (unpaired) electrons. The van der Waals surface area contributed by atoms with Crippen molar-refractivity contribution < 1.29 is 119 Å². The fraction of sp³-hybridized carbons (Fsp3) is 0.292. The van der Waals surface area contributed by atoms with E-state index < -0.39 is 166 Å². The molecule has 3 aliphatic heterocycles. The number of benzene rings is 9. The molecule has 9 aromatic carbocycles. The minimum Gasteiger partial charge on any atom is -0.452 e. The molecule has 15 atom stereocenters. The van der Waals surface area contributed by atoms with Crippen molar-refractivity contribution in [2.45, 2.75) is 138 Å². The molecule has 3 aliphatic rings. The normalized spacial score (nSPS) is 23.1. The number of rotatable bonds is 33. The first-order valence-electron chi connectivity index (χ1n) is 37.5. The van der Waals surface area contributed by atoms with E-state index in [1.54, 1.807) is 164 Å². The molecule has 0 bridgehead atoms. The molecule has 1 N–H and O–H groups in total. The summed E-state index contributed by atoms with van der Waals surface area (Å²) in [7, 11) is 0. The average molecular weight is 1550 g/mol. The van der Waals surface area contributed by atoms with Crippen LogP contribution in [-0.2, 0) is 71.1 Å². The number of esters is 9. The third-order valence-corrected chi connectivity index (χ3v) is 18.9. The van der Waals surface area contributed by atoms with Crippen molar-refractivity contribution in [2.75, 3.05) is 26.4 Å². The summed E-state index contributed by atoms with van der Waals surface area (Å²) in [6.07, 6.45) is -23.1. The van der Waals surface area contributed by atoms with Crippen LogP contribution in [0.15, 0.2) is 273 Å². The molecular formula is C89H84O25. The lowest BCUT2D eigenvalue weighted by Gasteiger charge is -2.47. The van der Waals surface area contributed by atoms with Gasteiger partial charge >= 0.3 is 53.7 Å². The molecule has 9 aromatic rings. The Morgan fingerprint density at radius 3 is 0.675 bits per heavy atom. The van der Waals surface area contributed by atoms with Crippen molar-refractivity contribution in [3.05, 3.63) is 323 Å². The van der Waals surface area contributed by atoms with E-state index in [9.17, 15) is 43.5 Å². The summed E-state index contributed by atoms with van der Waals surface area (Å²) in [6, 6.07) is 69.4. The molecule has 0 amide bonds. The number of aliphatic hydroxyl groups excluding tert-OH is 1. The van der Waals surface area contributed by atoms with E-state index in [-0.39, 0.29) is 56.7 Å². The van der Waals surface area contributed by atoms with E-state index in [4.69, 9.17) is 71.1 Å². The highest BCUT2D eigenvalue weighted by molar-refractivity contribution is 5.94. The van der Waals surface area contributed by atoms with Crippen molar-refractivity contribution in [1.29, 1.82) is 0 Å². The molecule has 0 unspecified atom stereocenters. The third kappa shape index (κ3) is 21.6. The van der Waals surface area contributed by atoms with Crippen LogP contribution < -0.4 is 0 Å². The van der Waals surface area contributed by atoms with Gasteiger partial charge in [0.1, 0.15) is 18.3 Å². The van der Waals surface area contributed by atoms with Crippen LogP contribution in [0.25, 0.3) is 0 Å². The van der Waals surface area contributed by atoms with Crippen molar-refractivity contribution in [1.82, 2.24) is 0 Å². The van der Waals surface area contributed by atoms with Gasteiger partial charge < -0.3 is 76.2 Å². The maximum Gasteiger partial charge on any atom is 0.338 e. The zero-order chi connectivity index (χ0) is 79.6. The Morgan fingerprint density at radius 2 is 0.439 bits per heavy atom. The van der Waals surface area contributed by atoms with Gasteiger partial charge in [-0.2, -0.15) is 0 Å². The van der Waals surface area contributed by atoms with E-state index in [1.165, 1.54) is 109 Å². The van der Waals surface area contributed by atoms with Crippen LogP contribution in [0.4, 0.5) is 0 Å². The van der Waals surface area contributed by atoms with Gasteiger partial charge in [-0.3, -0.25) is 0 Å². The standard InChI is InChI=1S/C89H84O25/c1-2-3-4-5-6-34-53-100-87-75(112-84(97)63-47-28-13-29-48-63)73(110-82(95)61-43-24-11-25-44-61)70(107-79(92)58-37-18-8-19-38-58)67(104-87)55-102-89-77(114-86(99)65-51-32-15-33-52-65)74(111-83(96)62-45-26-12-27-46-62)71(108-80(93)59-39-20-9-21-40-59)68(105-89)56-101-88-76(113-85(98)64-49-30-14-31-50-64)72(109-81(94)60-41-22-10-23-42-60)69(66(54-90)103-88)106-78(91)57-35-16-7-17-36-57/h7-33,35-52,66-77,87-90H,2-6,34,53-56H2,1H3/t66-,67-,68-,69-,70-,71-,72+,73+,74+,75+,76+,77+,87+,88+,89+/m1/s1. The Balaban J connectivity index is 0.985. The number of carbonyl (C=O) groups excluding carboxylic acids is 9. The fourth-order valence-corrected chi connectivity index (χ4v) is 13.0. The second-order valence-corrected chi connectivity index (χ2v) is 26.7. The first-order valence-corrected chi connectivity index (χ1v) is 37.5. The maximum absolute atomic E-state index is 15.0. The van der Waals surface area contributed by atoms with E-state index in [0.29, 0.717) is 12.8 Å². The Labute approximate surface area is 657 Å². The van der Waals surface area contributed by atoms with Crippen LogP contribution in [0.5, 0.6) is 0 Å². The highest BCUT2D eigenvalue weighted by Gasteiger charge is 2.59. The van der Waals surface area contributed by atoms with Crippen molar-refractivity contribution in [2.24, 2.45) is 0 Å². The van der Waals surface area contributed by atoms with Gasteiger partial charge in [-0.05, 0) is 116 Å². The number of hydrogen-bond acceptors (Lipinski definition) is 25. The predicted molar refractivity (Wildman–Crippen MR) is 405 cm³/mol. The predicted octanol–water partition coefficient (Wildman–Crippen LogP) is 12.6. The van der Waals surface area contributed by atoms with Gasteiger partial charge in [-0.1, -0.05) is 203 Å². The lowest BCUT2D eigenvalue weighted by atomic mass is 9.96. The van der Waals surface area contributed by atoms with Crippen LogP contribution in [0.3, 0.4) is 0 Å². The largest absolute Gasteiger partial charge is 0.452 e. The summed E-state index contributed by atoms with van der Waals surface area (Å²) in [6.45, 7) is -0.669. The average Bonchev–Trinajstić information content (AvgIpc) is 0.777. The van der Waals surface area contributed by atoms with Crippen LogP contribution in [0.1, 0.15) is 139 Å². The number of unbranched alkanes of at least 4 members (excludes halogenated alkanes) is 5. The van der Waals surface area contributed by atoms with Gasteiger partial charge in [0, 0.05) is 6.61 Å². The molecule has 590 valence electrons. The molecule has 0 aliphatic carbocycles. The maximum atomic E-state index is 15.0. The van der Waals surface area contributed by atoms with Gasteiger partial charge in [0.05, 0.1) is 69.9 Å². The van der Waals surface area contributed by atoms with Gasteiger partial charge in [-0.15, -0.1) is 0 Å². The smallest absolute Gasteiger partial charge is 0.338 e. The van der Waals surface area contributed by atoms with E-state index in [1.807, 2.05) is 0 Å². The summed E-state index contributed by atoms with van der Waals surface area (Å²) in [5, 5.41) is 11.4. The molecule has 3 fully saturated rings. The highest BCUT2D eigenvalue weighted by Crippen LogP contribution is 2.38. The summed E-state index contributed by atoms with van der Waals surface area (Å²) < 4.78 is 98.0. The summed E-state index contributed by atoms with van der Waals surface area (Å²) in [4.78, 5) is 133. The first kappa shape index (κ1) is 81.4. The summed E-state index contributed by atoms with van der Waals surface area (Å²) in [5.41, 5.74) is 0.0147. The van der Waals surface area contributed by atoms with Gasteiger partial charge in [0.15, 0.2) is 73.8 Å². The highest BCUT2D eigenvalue weighted by atomic mass is 16.8. The Bertz CT molecular complexity index is 4590. The molecule has 12 rings (SSSR count). The quantitative estimate of drug-likeness (QED) is 0.0227. The summed E-state index contributed by atoms with van der Waals surface area (Å²) >= 11 is 0. The molecule has 3 saturated heterocycles. The topological polar surface area (TPSA) is 312 Å². The lowest BCUT2D eigenvalue weighted by molar-refractivity contribution is -0.339. The molecule has 114 heavy (non-hydrogen) atoms. The van der Waals surface area contributed by atoms with E-state index >= 15 is 4.79 Å². The lowest BCUT2D eigenvalue weighted by Crippen LogP contribution is -2.66. The minimum atomic E-state index is -2.09. The zero-order valence-electron chi connectivity index (χ0n) is 62.0. The third-order valence-electron chi connectivity index (χ3n) is 18.9. The second-order valence-electron chi connectivity index (χ2n) is 26.7. The Kier molecular flexibility index (Phi) is 29.2. The van der Waals surface area contributed by atoms with E-state index in [0.717, 1.165) is 25.7 Å². The number of hydrogen-bond donors (Lipinski definition) is 1. The second kappa shape index (κ2) is 40.9. The number of aliphatic hydroxyl groups is 1. The molecule has 25 nitrogen and oxygen atoms in total. The van der Waals surface area contributed by atoms with Crippen LogP contribution in [0, 0.1) is 0 Å². The van der Waals surface area contributed by atoms with Gasteiger partial charge in [0.2, 0.25) is 0 Å². The van der Waals surface area contributed by atoms with Crippen LogP contribution in [-0.4, -0.2) is 177 Å². The molecule has 0 aromatic heterocycles. The fourth-order valence-electron chi connectivity index (χ4n) is 13.0. The van der Waals surface area contributed by atoms with Gasteiger partial charge in [-0.25, -0.2) is 43.2 Å². The van der Waals surface area contributed by atoms with Crippen molar-refractivity contribution in [3.63, 3.8) is 0 Å². The number of ether oxygens (including phenoxy) is 15. The summed E-state index contributed by atoms with van der Waals surface area (Å²) in [5.74, 6) is -9.04. The first-order chi connectivity index (χ1) is 55.7. The number of carbonyl (C=O) groups is 9. The molecule has 0 saturated carbocycles. The molecule has 0 spiro atoms. The molecule has 25 heteroatoms. The van der Waals surface area contributed by atoms with Gasteiger partial charge in [0.25, 0.3) is 0 Å². The zero-order valence-corrected chi connectivity index (χ0v) is 62.0. The Morgan fingerprint density at radius 1 is 0.246 bits per heavy atom. The SMILES string of the molecule is CCCCCCCCO[C@H]1O[C@H](CO[C@H]2O[C@H](CO[C@H]3O[C@H](CO)[C@@H](OC(=O)c4ccccc4)[C@H](OC(=O)c4ccccc4)[C@@H]3OC(=O)c3ccccc3)[C@@H](OC(=O)c3ccccc3)[C@H](OC(=O)c3ccccc3)[C@@H]2OC(=O)c2ccccc2)[C@@H](OC(=O)c2ccccc2)[C@H](OC(=O)c2ccccc2)[C@@H]1OC(=O)c1ccccc1. The van der Waals surface area contributed by atoms with Crippen molar-refractivity contribution in [3.8, 4) is 0 Å². The molecule has 3 heterocycles. The van der Waals surface area contributed by atoms with E-state index in [2.05, 4.69) is 6.92 Å². The minimum absolute atomic E-state index is 0.00263. The Hall–Kier alpha value is -12.1. The monoisotopic (exact) mass is 1550 g/mol. The van der Waals surface area contributed by atoms with Crippen LogP contribution >= 0.6 is 0 Å². The van der Waals surface area contributed by atoms with Crippen molar-refractivity contribution >= 4 is 53.7 Å². The molecular weight excluding hydrogens is 1470 g/mol. The van der Waals surface area contributed by atoms with Crippen LogP contribution in [0.2, 0.25) is 0 Å².